The molecule has 17 heavy (non-hydrogen) atoms. The average molecular weight is 274 g/mol. The van der Waals surface area contributed by atoms with Gasteiger partial charge in [0.15, 0.2) is 0 Å². The van der Waals surface area contributed by atoms with E-state index in [1.54, 1.807) is 0 Å². The maximum Gasteiger partial charge on any atom is 0.463 e. The Morgan fingerprint density at radius 1 is 1.29 bits per heavy atom. The number of hydrogen-bond donors (Lipinski definition) is 0. The Kier molecular flexibility index (Phi) is 5.71. The molecule has 0 aromatic heterocycles. The van der Waals surface area contributed by atoms with Crippen molar-refractivity contribution in [2.24, 2.45) is 0 Å². The van der Waals surface area contributed by atoms with Gasteiger partial charge in [0.2, 0.25) is 0 Å². The lowest BCUT2D eigenvalue weighted by Gasteiger charge is -2.12. The highest BCUT2D eigenvalue weighted by Crippen LogP contribution is 2.50. The minimum Gasteiger partial charge on any atom is -0.360 e. The van der Waals surface area contributed by atoms with Gasteiger partial charge in [-0.3, -0.25) is 4.79 Å². The maximum absolute atomic E-state index is 12.1. The predicted octanol–water partition coefficient (Wildman–Crippen LogP) is 2.01. The Morgan fingerprint density at radius 2 is 1.71 bits per heavy atom. The summed E-state index contributed by atoms with van der Waals surface area (Å²) in [6.07, 6.45) is -5.33. The highest BCUT2D eigenvalue weighted by Gasteiger charge is 2.56. The molecule has 0 radical (unpaired) electrons. The van der Waals surface area contributed by atoms with Gasteiger partial charge < -0.3 is 14.6 Å². The van der Waals surface area contributed by atoms with E-state index in [1.807, 2.05) is 0 Å². The molecule has 6 nitrogen and oxygen atoms in total. The van der Waals surface area contributed by atoms with Crippen LogP contribution in [0.4, 0.5) is 13.2 Å². The summed E-state index contributed by atoms with van der Waals surface area (Å²) in [5.74, 6) is -2.56. The monoisotopic (exact) mass is 274 g/mol. The summed E-state index contributed by atoms with van der Waals surface area (Å²) in [6, 6.07) is 0. The van der Waals surface area contributed by atoms with Gasteiger partial charge in [0, 0.05) is 0 Å². The van der Waals surface area contributed by atoms with Crippen molar-refractivity contribution in [3.05, 3.63) is 5.53 Å². The van der Waals surface area contributed by atoms with E-state index in [-0.39, 0.29) is 13.2 Å². The summed E-state index contributed by atoms with van der Waals surface area (Å²) in [4.78, 5) is 12.9. The third kappa shape index (κ3) is 4.05. The smallest absolute Gasteiger partial charge is 0.360 e. The van der Waals surface area contributed by atoms with Gasteiger partial charge in [0.1, 0.15) is 0 Å². The predicted molar refractivity (Wildman–Crippen MR) is 50.5 cm³/mol. The third-order valence-electron chi connectivity index (χ3n) is 1.41. The van der Waals surface area contributed by atoms with Gasteiger partial charge in [-0.1, -0.05) is 0 Å². The summed E-state index contributed by atoms with van der Waals surface area (Å²) in [5, 5.41) is 0. The number of rotatable bonds is 6. The zero-order valence-corrected chi connectivity index (χ0v) is 9.92. The van der Waals surface area contributed by atoms with Gasteiger partial charge in [-0.05, 0) is 13.8 Å². The third-order valence-corrected chi connectivity index (χ3v) is 3.42. The van der Waals surface area contributed by atoms with Gasteiger partial charge in [-0.25, -0.2) is 4.57 Å². The number of ketones is 1. The Labute approximate surface area is 94.9 Å². The largest absolute Gasteiger partial charge is 0.463 e. The number of hydrogen-bond acceptors (Lipinski definition) is 4. The molecular formula is C7H10F3N2O4P. The Bertz CT molecular complexity index is 379. The molecule has 0 atom stereocenters. The van der Waals surface area contributed by atoms with Crippen molar-refractivity contribution in [1.82, 2.24) is 0 Å². The number of halogens is 3. The van der Waals surface area contributed by atoms with Crippen LogP contribution in [-0.4, -0.2) is 35.4 Å². The Hall–Kier alpha value is -1.01. The van der Waals surface area contributed by atoms with Crippen molar-refractivity contribution in [2.45, 2.75) is 20.0 Å². The molecule has 0 saturated carbocycles. The number of alkyl halides is 3. The lowest BCUT2D eigenvalue weighted by atomic mass is 10.4. The van der Waals surface area contributed by atoms with E-state index in [1.165, 1.54) is 13.8 Å². The maximum atomic E-state index is 12.1. The molecule has 0 aliphatic rings. The van der Waals surface area contributed by atoms with Crippen molar-refractivity contribution in [3.8, 4) is 0 Å². The van der Waals surface area contributed by atoms with Crippen LogP contribution in [0, 0.1) is 0 Å². The van der Waals surface area contributed by atoms with Crippen LogP contribution in [0.5, 0.6) is 0 Å². The number of carbonyl (C=O) groups is 1. The van der Waals surface area contributed by atoms with Crippen molar-refractivity contribution in [1.29, 1.82) is 0 Å². The van der Waals surface area contributed by atoms with E-state index in [0.29, 0.717) is 0 Å². The van der Waals surface area contributed by atoms with Gasteiger partial charge in [0.05, 0.1) is 13.2 Å². The van der Waals surface area contributed by atoms with E-state index in [9.17, 15) is 22.5 Å². The Balaban J connectivity index is 5.44. The molecule has 0 amide bonds. The molecular weight excluding hydrogens is 264 g/mol. The molecule has 0 aromatic carbocycles. The van der Waals surface area contributed by atoms with Crippen LogP contribution in [-0.2, 0) is 18.4 Å². The van der Waals surface area contributed by atoms with Gasteiger partial charge in [0.25, 0.3) is 0 Å². The lowest BCUT2D eigenvalue weighted by molar-refractivity contribution is -0.166. The molecule has 0 aliphatic carbocycles. The second kappa shape index (κ2) is 6.07. The van der Waals surface area contributed by atoms with E-state index in [4.69, 9.17) is 5.53 Å². The Morgan fingerprint density at radius 3 is 1.94 bits per heavy atom. The molecule has 10 heteroatoms. The summed E-state index contributed by atoms with van der Waals surface area (Å²) in [5.41, 5.74) is 6.71. The molecule has 98 valence electrons. The molecule has 0 fully saturated rings. The molecule has 0 bridgehead atoms. The SMILES string of the molecule is CCOP(=O)(OCC)C(=[N+]=[N-])C(=O)C(F)(F)F. The molecule has 0 spiro atoms. The first-order chi connectivity index (χ1) is 7.72. The highest BCUT2D eigenvalue weighted by molar-refractivity contribution is 7.74. The van der Waals surface area contributed by atoms with E-state index >= 15 is 0 Å². The summed E-state index contributed by atoms with van der Waals surface area (Å²) in [7, 11) is -4.55. The molecule has 0 aromatic rings. The molecule has 0 heterocycles. The minimum atomic E-state index is -5.33. The van der Waals surface area contributed by atoms with Gasteiger partial charge in [-0.15, -0.1) is 0 Å². The van der Waals surface area contributed by atoms with Gasteiger partial charge >= 0.3 is 25.0 Å². The first-order valence-corrected chi connectivity index (χ1v) is 6.00. The first kappa shape index (κ1) is 16.0. The van der Waals surface area contributed by atoms with E-state index in [2.05, 4.69) is 13.8 Å². The van der Waals surface area contributed by atoms with Crippen molar-refractivity contribution >= 4 is 18.8 Å². The lowest BCUT2D eigenvalue weighted by Crippen LogP contribution is -2.32. The van der Waals surface area contributed by atoms with Crippen LogP contribution in [0.3, 0.4) is 0 Å². The van der Waals surface area contributed by atoms with Crippen molar-refractivity contribution in [3.63, 3.8) is 0 Å². The van der Waals surface area contributed by atoms with Crippen LogP contribution in [0.1, 0.15) is 13.8 Å². The minimum absolute atomic E-state index is 0.276. The zero-order chi connectivity index (χ0) is 13.7. The normalized spacial score (nSPS) is 12.1. The van der Waals surface area contributed by atoms with Crippen LogP contribution < -0.4 is 0 Å². The fraction of sp³-hybridized carbons (Fsp3) is 0.714. The second-order valence-corrected chi connectivity index (χ2v) is 4.52. The fourth-order valence-corrected chi connectivity index (χ4v) is 2.33. The molecule has 0 unspecified atom stereocenters. The van der Waals surface area contributed by atoms with Crippen molar-refractivity contribution in [2.75, 3.05) is 13.2 Å². The zero-order valence-electron chi connectivity index (χ0n) is 9.02. The topological polar surface area (TPSA) is 89.0 Å². The number of nitrogens with zero attached hydrogens (tertiary/aromatic N) is 2. The molecule has 0 N–H and O–H groups in total. The molecule has 0 saturated heterocycles. The quantitative estimate of drug-likeness (QED) is 0.320. The number of carbonyl (C=O) groups excluding carboxylic acids is 1. The van der Waals surface area contributed by atoms with E-state index < -0.39 is 25.0 Å². The van der Waals surface area contributed by atoms with E-state index in [0.717, 1.165) is 0 Å². The van der Waals surface area contributed by atoms with Crippen LogP contribution >= 0.6 is 7.60 Å². The van der Waals surface area contributed by atoms with Gasteiger partial charge in [-0.2, -0.15) is 18.0 Å². The summed E-state index contributed by atoms with van der Waals surface area (Å²) in [6.45, 7) is 2.11. The number of Topliss-reactive ketones (excluding diaryl/α,β-unsaturated/α-hetero) is 1. The average Bonchev–Trinajstić information content (AvgIpc) is 2.17. The van der Waals surface area contributed by atoms with Crippen LogP contribution in [0.15, 0.2) is 0 Å². The molecule has 0 rings (SSSR count). The van der Waals surface area contributed by atoms with Crippen molar-refractivity contribution < 1.29 is 36.4 Å². The summed E-state index contributed by atoms with van der Waals surface area (Å²) < 4.78 is 57.1. The molecule has 0 aliphatic heterocycles. The fourth-order valence-electron chi connectivity index (χ4n) is 0.851. The van der Waals surface area contributed by atoms with Crippen LogP contribution in [0.25, 0.3) is 5.53 Å². The summed E-state index contributed by atoms with van der Waals surface area (Å²) >= 11 is 0. The van der Waals surface area contributed by atoms with Crippen LogP contribution in [0.2, 0.25) is 0 Å². The highest BCUT2D eigenvalue weighted by atomic mass is 31.2. The standard InChI is InChI=1S/C7H10F3N2O4P/c1-3-15-17(14,16-4-2)6(12-11)5(13)7(8,9)10/h3-4H2,1-2H3. The second-order valence-electron chi connectivity index (χ2n) is 2.58. The first-order valence-electron chi connectivity index (χ1n) is 4.46.